The van der Waals surface area contributed by atoms with Crippen LogP contribution < -0.4 is 10.5 Å². The predicted molar refractivity (Wildman–Crippen MR) is 50.6 cm³/mol. The van der Waals surface area contributed by atoms with Gasteiger partial charge in [-0.15, -0.1) is 0 Å². The normalized spacial score (nSPS) is 12.7. The number of rotatable bonds is 2. The van der Waals surface area contributed by atoms with E-state index in [1.807, 2.05) is 0 Å². The molecular formula is C9H11ClFNO. The molecule has 0 heterocycles. The molecule has 1 aromatic carbocycles. The van der Waals surface area contributed by atoms with E-state index in [0.717, 1.165) is 0 Å². The van der Waals surface area contributed by atoms with Crippen LogP contribution in [-0.2, 0) is 0 Å². The third-order valence-corrected chi connectivity index (χ3v) is 2.03. The second kappa shape index (κ2) is 3.94. The zero-order chi connectivity index (χ0) is 10.0. The third-order valence-electron chi connectivity index (χ3n) is 1.75. The minimum Gasteiger partial charge on any atom is -0.492 e. The van der Waals surface area contributed by atoms with Gasteiger partial charge in [-0.1, -0.05) is 11.6 Å². The van der Waals surface area contributed by atoms with Crippen molar-refractivity contribution in [3.05, 3.63) is 28.5 Å². The average molecular weight is 204 g/mol. The molecule has 1 aromatic rings. The highest BCUT2D eigenvalue weighted by molar-refractivity contribution is 6.32. The van der Waals surface area contributed by atoms with Crippen molar-refractivity contribution >= 4 is 11.6 Å². The Morgan fingerprint density at radius 1 is 1.54 bits per heavy atom. The van der Waals surface area contributed by atoms with Crippen molar-refractivity contribution in [1.29, 1.82) is 0 Å². The zero-order valence-corrected chi connectivity index (χ0v) is 8.23. The Bertz CT molecular complexity index is 291. The average Bonchev–Trinajstić information content (AvgIpc) is 2.03. The summed E-state index contributed by atoms with van der Waals surface area (Å²) in [6.45, 7) is 1.76. The maximum Gasteiger partial charge on any atom is 0.173 e. The number of hydrogen-bond donors (Lipinski definition) is 1. The van der Waals surface area contributed by atoms with E-state index in [1.165, 1.54) is 13.2 Å². The zero-order valence-electron chi connectivity index (χ0n) is 7.47. The first kappa shape index (κ1) is 10.3. The van der Waals surface area contributed by atoms with Gasteiger partial charge >= 0.3 is 0 Å². The number of hydrogen-bond acceptors (Lipinski definition) is 2. The number of benzene rings is 1. The lowest BCUT2D eigenvalue weighted by Gasteiger charge is -2.09. The molecule has 0 amide bonds. The van der Waals surface area contributed by atoms with Gasteiger partial charge in [-0.25, -0.2) is 4.39 Å². The highest BCUT2D eigenvalue weighted by atomic mass is 35.5. The highest BCUT2D eigenvalue weighted by Gasteiger charge is 2.11. The van der Waals surface area contributed by atoms with Crippen molar-refractivity contribution in [3.63, 3.8) is 0 Å². The molecule has 0 aliphatic rings. The highest BCUT2D eigenvalue weighted by Crippen LogP contribution is 2.30. The van der Waals surface area contributed by atoms with E-state index in [-0.39, 0.29) is 16.8 Å². The number of nitrogens with two attached hydrogens (primary N) is 1. The van der Waals surface area contributed by atoms with Gasteiger partial charge in [-0.3, -0.25) is 0 Å². The number of methoxy groups -OCH3 is 1. The van der Waals surface area contributed by atoms with Crippen molar-refractivity contribution in [2.24, 2.45) is 5.73 Å². The van der Waals surface area contributed by atoms with Crippen molar-refractivity contribution in [1.82, 2.24) is 0 Å². The molecule has 1 atom stereocenters. The standard InChI is InChI=1S/C9H11ClFNO/c1-5(12)6-3-7(10)9(13-2)8(11)4-6/h3-5H,12H2,1-2H3/t5-/m1/s1. The first-order chi connectivity index (χ1) is 6.06. The van der Waals surface area contributed by atoms with Crippen molar-refractivity contribution in [3.8, 4) is 5.75 Å². The van der Waals surface area contributed by atoms with E-state index in [1.54, 1.807) is 13.0 Å². The quantitative estimate of drug-likeness (QED) is 0.802. The fourth-order valence-electron chi connectivity index (χ4n) is 1.04. The molecule has 0 fully saturated rings. The van der Waals surface area contributed by atoms with Gasteiger partial charge in [-0.05, 0) is 24.6 Å². The summed E-state index contributed by atoms with van der Waals surface area (Å²) in [7, 11) is 1.37. The van der Waals surface area contributed by atoms with Crippen molar-refractivity contribution in [2.45, 2.75) is 13.0 Å². The lowest BCUT2D eigenvalue weighted by Crippen LogP contribution is -2.05. The van der Waals surface area contributed by atoms with Gasteiger partial charge in [0.25, 0.3) is 0 Å². The van der Waals surface area contributed by atoms with Crippen LogP contribution in [0.1, 0.15) is 18.5 Å². The van der Waals surface area contributed by atoms with Crippen LogP contribution in [0.25, 0.3) is 0 Å². The Morgan fingerprint density at radius 2 is 2.15 bits per heavy atom. The number of halogens is 2. The second-order valence-electron chi connectivity index (χ2n) is 2.81. The van der Waals surface area contributed by atoms with E-state index in [9.17, 15) is 4.39 Å². The second-order valence-corrected chi connectivity index (χ2v) is 3.21. The van der Waals surface area contributed by atoms with Gasteiger partial charge in [0.05, 0.1) is 12.1 Å². The molecule has 0 bridgehead atoms. The molecule has 0 unspecified atom stereocenters. The van der Waals surface area contributed by atoms with Crippen LogP contribution >= 0.6 is 11.6 Å². The van der Waals surface area contributed by atoms with Gasteiger partial charge in [0.15, 0.2) is 11.6 Å². The van der Waals surface area contributed by atoms with E-state index < -0.39 is 5.82 Å². The largest absolute Gasteiger partial charge is 0.492 e. The topological polar surface area (TPSA) is 35.2 Å². The molecule has 2 N–H and O–H groups in total. The van der Waals surface area contributed by atoms with Gasteiger partial charge in [0.2, 0.25) is 0 Å². The Labute approximate surface area is 81.4 Å². The van der Waals surface area contributed by atoms with E-state index >= 15 is 0 Å². The Balaban J connectivity index is 3.20. The third kappa shape index (κ3) is 2.11. The molecule has 72 valence electrons. The SMILES string of the molecule is COc1c(F)cc([C@@H](C)N)cc1Cl. The lowest BCUT2D eigenvalue weighted by molar-refractivity contribution is 0.386. The maximum absolute atomic E-state index is 13.2. The summed E-state index contributed by atoms with van der Waals surface area (Å²) in [5.74, 6) is -0.423. The van der Waals surface area contributed by atoms with Gasteiger partial charge in [-0.2, -0.15) is 0 Å². The summed E-state index contributed by atoms with van der Waals surface area (Å²) in [4.78, 5) is 0. The number of ether oxygens (including phenoxy) is 1. The van der Waals surface area contributed by atoms with Crippen LogP contribution in [0.2, 0.25) is 5.02 Å². The molecular weight excluding hydrogens is 193 g/mol. The molecule has 0 aliphatic carbocycles. The first-order valence-corrected chi connectivity index (χ1v) is 4.22. The molecule has 0 saturated carbocycles. The van der Waals surface area contributed by atoms with Crippen LogP contribution in [0.5, 0.6) is 5.75 Å². The van der Waals surface area contributed by atoms with Crippen molar-refractivity contribution in [2.75, 3.05) is 7.11 Å². The molecule has 0 aliphatic heterocycles. The summed E-state index contributed by atoms with van der Waals surface area (Å²) in [5, 5.41) is 0.245. The van der Waals surface area contributed by atoms with Crippen LogP contribution in [0.4, 0.5) is 4.39 Å². The summed E-state index contributed by atoms with van der Waals surface area (Å²) in [6, 6.07) is 2.70. The summed E-state index contributed by atoms with van der Waals surface area (Å²) >= 11 is 5.76. The summed E-state index contributed by atoms with van der Waals surface area (Å²) in [5.41, 5.74) is 6.23. The van der Waals surface area contributed by atoms with Crippen LogP contribution in [0.3, 0.4) is 0 Å². The van der Waals surface area contributed by atoms with Gasteiger partial charge in [0.1, 0.15) is 0 Å². The monoisotopic (exact) mass is 203 g/mol. The summed E-state index contributed by atoms with van der Waals surface area (Å²) < 4.78 is 18.0. The molecule has 13 heavy (non-hydrogen) atoms. The Hall–Kier alpha value is -0.800. The molecule has 0 saturated heterocycles. The van der Waals surface area contributed by atoms with E-state index in [4.69, 9.17) is 22.1 Å². The molecule has 1 rings (SSSR count). The van der Waals surface area contributed by atoms with Gasteiger partial charge < -0.3 is 10.5 Å². The minimum absolute atomic E-state index is 0.0612. The van der Waals surface area contributed by atoms with E-state index in [2.05, 4.69) is 0 Å². The predicted octanol–water partition coefficient (Wildman–Crippen LogP) is 2.51. The summed E-state index contributed by atoms with van der Waals surface area (Å²) in [6.07, 6.45) is 0. The van der Waals surface area contributed by atoms with Crippen LogP contribution in [0, 0.1) is 5.82 Å². The smallest absolute Gasteiger partial charge is 0.173 e. The van der Waals surface area contributed by atoms with E-state index in [0.29, 0.717) is 5.56 Å². The first-order valence-electron chi connectivity index (χ1n) is 3.84. The minimum atomic E-state index is -0.484. The maximum atomic E-state index is 13.2. The van der Waals surface area contributed by atoms with Crippen LogP contribution in [0.15, 0.2) is 12.1 Å². The Kier molecular flexibility index (Phi) is 3.12. The fraction of sp³-hybridized carbons (Fsp3) is 0.333. The molecule has 0 aromatic heterocycles. The Morgan fingerprint density at radius 3 is 2.54 bits per heavy atom. The molecule has 0 radical (unpaired) electrons. The molecule has 2 nitrogen and oxygen atoms in total. The van der Waals surface area contributed by atoms with Crippen LogP contribution in [-0.4, -0.2) is 7.11 Å². The molecule has 4 heteroatoms. The lowest BCUT2D eigenvalue weighted by atomic mass is 10.1. The van der Waals surface area contributed by atoms with Gasteiger partial charge in [0, 0.05) is 6.04 Å². The van der Waals surface area contributed by atoms with Crippen molar-refractivity contribution < 1.29 is 9.13 Å². The molecule has 0 spiro atoms. The fourth-order valence-corrected chi connectivity index (χ4v) is 1.33.